The van der Waals surface area contributed by atoms with Crippen LogP contribution in [-0.2, 0) is 9.47 Å². The Morgan fingerprint density at radius 1 is 1.20 bits per heavy atom. The van der Waals surface area contributed by atoms with Crippen LogP contribution in [-0.4, -0.2) is 25.2 Å². The van der Waals surface area contributed by atoms with Gasteiger partial charge in [-0.3, -0.25) is 4.79 Å². The van der Waals surface area contributed by atoms with Gasteiger partial charge in [0.25, 0.3) is 5.78 Å². The zero-order valence-electron chi connectivity index (χ0n) is 10.8. The minimum atomic E-state index is -5.13. The van der Waals surface area contributed by atoms with Gasteiger partial charge in [0.1, 0.15) is 5.82 Å². The number of carbonyl (C=O) groups is 1. The Morgan fingerprint density at radius 2 is 1.75 bits per heavy atom. The van der Waals surface area contributed by atoms with Gasteiger partial charge in [-0.2, -0.15) is 13.2 Å². The molecule has 0 N–H and O–H groups in total. The fraction of sp³-hybridized carbons (Fsp3) is 0.462. The Hall–Kier alpha value is -1.47. The van der Waals surface area contributed by atoms with Gasteiger partial charge in [-0.1, -0.05) is 0 Å². The molecule has 1 fully saturated rings. The Kier molecular flexibility index (Phi) is 3.84. The highest BCUT2D eigenvalue weighted by Crippen LogP contribution is 2.33. The van der Waals surface area contributed by atoms with Crippen molar-refractivity contribution in [2.75, 3.05) is 13.2 Å². The summed E-state index contributed by atoms with van der Waals surface area (Å²) >= 11 is 0. The molecule has 20 heavy (non-hydrogen) atoms. The number of Topliss-reactive ketones (excluding diaryl/α,β-unsaturated/α-hetero) is 1. The van der Waals surface area contributed by atoms with E-state index in [4.69, 9.17) is 9.47 Å². The number of ether oxygens (including phenoxy) is 2. The quantitative estimate of drug-likeness (QED) is 0.620. The largest absolute Gasteiger partial charge is 0.454 e. The number of benzene rings is 1. The Labute approximate surface area is 112 Å². The number of hydrogen-bond acceptors (Lipinski definition) is 3. The van der Waals surface area contributed by atoms with Gasteiger partial charge < -0.3 is 9.47 Å². The molecule has 0 saturated carbocycles. The highest BCUT2D eigenvalue weighted by Gasteiger charge is 2.41. The summed E-state index contributed by atoms with van der Waals surface area (Å²) in [5, 5.41) is 0. The first-order valence-electron chi connectivity index (χ1n) is 5.87. The Bertz CT molecular complexity index is 546. The molecule has 1 aromatic rings. The second-order valence-corrected chi connectivity index (χ2v) is 4.48. The normalized spacial score (nSPS) is 16.7. The van der Waals surface area contributed by atoms with Gasteiger partial charge >= 0.3 is 6.18 Å². The van der Waals surface area contributed by atoms with E-state index in [1.54, 1.807) is 6.92 Å². The molecule has 2 rings (SSSR count). The molecule has 0 spiro atoms. The third-order valence-corrected chi connectivity index (χ3v) is 3.24. The number of hydrogen-bond donors (Lipinski definition) is 0. The molecule has 0 bridgehead atoms. The average molecular weight is 292 g/mol. The molecular weight excluding hydrogens is 280 g/mol. The monoisotopic (exact) mass is 292 g/mol. The van der Waals surface area contributed by atoms with Crippen molar-refractivity contribution >= 4 is 5.78 Å². The third-order valence-electron chi connectivity index (χ3n) is 3.24. The van der Waals surface area contributed by atoms with Gasteiger partial charge in [-0.15, -0.1) is 0 Å². The van der Waals surface area contributed by atoms with Crippen LogP contribution in [0.5, 0.6) is 0 Å². The van der Waals surface area contributed by atoms with Gasteiger partial charge in [-0.05, 0) is 31.0 Å². The molecule has 1 aliphatic rings. The molecule has 7 heteroatoms. The second kappa shape index (κ2) is 5.14. The summed E-state index contributed by atoms with van der Waals surface area (Å²) in [5.41, 5.74) is -0.369. The van der Waals surface area contributed by atoms with E-state index in [1.807, 2.05) is 0 Å². The molecule has 0 unspecified atom stereocenters. The van der Waals surface area contributed by atoms with E-state index in [2.05, 4.69) is 0 Å². The van der Waals surface area contributed by atoms with Crippen molar-refractivity contribution in [3.05, 3.63) is 34.1 Å². The van der Waals surface area contributed by atoms with Crippen LogP contribution < -0.4 is 0 Å². The van der Waals surface area contributed by atoms with Crippen LogP contribution in [0.1, 0.15) is 33.3 Å². The molecule has 0 atom stereocenters. The number of halogens is 4. The summed E-state index contributed by atoms with van der Waals surface area (Å²) in [4.78, 5) is 11.3. The van der Waals surface area contributed by atoms with Crippen LogP contribution in [0.4, 0.5) is 17.6 Å². The Balaban J connectivity index is 2.55. The summed E-state index contributed by atoms with van der Waals surface area (Å²) in [6, 6.07) is 0.865. The van der Waals surface area contributed by atoms with Crippen molar-refractivity contribution in [3.63, 3.8) is 0 Å². The molecule has 3 nitrogen and oxygen atoms in total. The zero-order valence-corrected chi connectivity index (χ0v) is 10.8. The number of carbonyl (C=O) groups excluding carboxylic acids is 1. The first-order valence-corrected chi connectivity index (χ1v) is 5.87. The lowest BCUT2D eigenvalue weighted by Crippen LogP contribution is -2.25. The van der Waals surface area contributed by atoms with Crippen molar-refractivity contribution in [3.8, 4) is 0 Å². The van der Waals surface area contributed by atoms with Gasteiger partial charge in [0.15, 0.2) is 6.29 Å². The fourth-order valence-corrected chi connectivity index (χ4v) is 2.01. The number of alkyl halides is 3. The molecule has 110 valence electrons. The summed E-state index contributed by atoms with van der Waals surface area (Å²) in [5.74, 6) is -3.37. The van der Waals surface area contributed by atoms with Crippen LogP contribution >= 0.6 is 0 Å². The second-order valence-electron chi connectivity index (χ2n) is 4.48. The third kappa shape index (κ3) is 2.55. The van der Waals surface area contributed by atoms with E-state index in [9.17, 15) is 22.4 Å². The van der Waals surface area contributed by atoms with Crippen LogP contribution in [0, 0.1) is 19.7 Å². The first-order chi connectivity index (χ1) is 9.23. The smallest absolute Gasteiger partial charge is 0.346 e. The molecule has 0 aliphatic carbocycles. The van der Waals surface area contributed by atoms with E-state index in [0.717, 1.165) is 6.07 Å². The van der Waals surface area contributed by atoms with Crippen LogP contribution in [0.2, 0.25) is 0 Å². The predicted octanol–water partition coefficient (Wildman–Crippen LogP) is 3.23. The molecular formula is C13H12F4O3. The van der Waals surface area contributed by atoms with Crippen molar-refractivity contribution in [2.24, 2.45) is 0 Å². The van der Waals surface area contributed by atoms with Crippen molar-refractivity contribution in [1.29, 1.82) is 0 Å². The average Bonchev–Trinajstić information content (AvgIpc) is 2.88. The van der Waals surface area contributed by atoms with Crippen molar-refractivity contribution < 1.29 is 31.8 Å². The van der Waals surface area contributed by atoms with E-state index in [1.165, 1.54) is 6.92 Å². The summed E-state index contributed by atoms with van der Waals surface area (Å²) in [6.07, 6.45) is -5.99. The summed E-state index contributed by atoms with van der Waals surface area (Å²) in [7, 11) is 0. The Morgan fingerprint density at radius 3 is 2.25 bits per heavy atom. The van der Waals surface area contributed by atoms with Crippen LogP contribution in [0.3, 0.4) is 0 Å². The van der Waals surface area contributed by atoms with Gasteiger partial charge in [0.2, 0.25) is 0 Å². The lowest BCUT2D eigenvalue weighted by molar-refractivity contribution is -0.0888. The predicted molar refractivity (Wildman–Crippen MR) is 60.9 cm³/mol. The topological polar surface area (TPSA) is 35.5 Å². The summed E-state index contributed by atoms with van der Waals surface area (Å²) in [6.45, 7) is 3.45. The molecule has 1 aliphatic heterocycles. The zero-order chi connectivity index (χ0) is 15.1. The van der Waals surface area contributed by atoms with Crippen LogP contribution in [0.25, 0.3) is 0 Å². The van der Waals surface area contributed by atoms with E-state index < -0.39 is 29.6 Å². The SMILES string of the molecule is Cc1c(C2OCCO2)cc(C(=O)C(F)(F)F)c(F)c1C. The minimum Gasteiger partial charge on any atom is -0.346 e. The summed E-state index contributed by atoms with van der Waals surface area (Å²) < 4.78 is 61.7. The molecule has 0 aromatic heterocycles. The van der Waals surface area contributed by atoms with Crippen molar-refractivity contribution in [1.82, 2.24) is 0 Å². The minimum absolute atomic E-state index is 0.0193. The maximum absolute atomic E-state index is 13.9. The van der Waals surface area contributed by atoms with Gasteiger partial charge in [0, 0.05) is 5.56 Å². The molecule has 1 saturated heterocycles. The van der Waals surface area contributed by atoms with E-state index in [0.29, 0.717) is 18.8 Å². The first kappa shape index (κ1) is 14.9. The van der Waals surface area contributed by atoms with Crippen molar-refractivity contribution in [2.45, 2.75) is 26.3 Å². The lowest BCUT2D eigenvalue weighted by Gasteiger charge is -2.17. The number of rotatable bonds is 2. The van der Waals surface area contributed by atoms with E-state index in [-0.39, 0.29) is 11.1 Å². The molecule has 0 amide bonds. The maximum Gasteiger partial charge on any atom is 0.454 e. The highest BCUT2D eigenvalue weighted by atomic mass is 19.4. The number of ketones is 1. The molecule has 1 aromatic carbocycles. The van der Waals surface area contributed by atoms with E-state index >= 15 is 0 Å². The molecule has 0 radical (unpaired) electrons. The standard InChI is InChI=1S/C13H12F4O3/c1-6-7(2)10(14)9(11(18)13(15,16)17)5-8(6)12-19-3-4-20-12/h5,12H,3-4H2,1-2H3. The fourth-order valence-electron chi connectivity index (χ4n) is 2.01. The molecule has 1 heterocycles. The van der Waals surface area contributed by atoms with Gasteiger partial charge in [0.05, 0.1) is 18.8 Å². The van der Waals surface area contributed by atoms with Gasteiger partial charge in [-0.25, -0.2) is 4.39 Å². The highest BCUT2D eigenvalue weighted by molar-refractivity contribution is 6.01. The maximum atomic E-state index is 13.9. The van der Waals surface area contributed by atoms with Crippen LogP contribution in [0.15, 0.2) is 6.07 Å². The lowest BCUT2D eigenvalue weighted by atomic mass is 9.96.